The normalized spacial score (nSPS) is 10.3. The second-order valence-electron chi connectivity index (χ2n) is 1.90. The average Bonchev–Trinajstić information content (AvgIpc) is 2.20. The van der Waals surface area contributed by atoms with Crippen LogP contribution in [-0.4, -0.2) is 15.0 Å². The molecule has 0 aliphatic rings. The molecule has 0 spiro atoms. The van der Waals surface area contributed by atoms with E-state index in [1.54, 1.807) is 11.7 Å². The van der Waals surface area contributed by atoms with Gasteiger partial charge in [-0.1, -0.05) is 11.6 Å². The van der Waals surface area contributed by atoms with Crippen molar-refractivity contribution in [3.8, 4) is 0 Å². The second-order valence-corrected chi connectivity index (χ2v) is 2.30. The van der Waals surface area contributed by atoms with Gasteiger partial charge in [0.25, 0.3) is 0 Å². The SMILES string of the molecule is Cn1ncc(Cl)c1CNO. The highest BCUT2D eigenvalue weighted by atomic mass is 35.5. The summed E-state index contributed by atoms with van der Waals surface area (Å²) in [5, 5.41) is 12.8. The second kappa shape index (κ2) is 3.01. The molecule has 0 amide bonds. The molecule has 1 rings (SSSR count). The van der Waals surface area contributed by atoms with E-state index in [9.17, 15) is 0 Å². The lowest BCUT2D eigenvalue weighted by Crippen LogP contribution is -2.10. The summed E-state index contributed by atoms with van der Waals surface area (Å²) in [6, 6.07) is 0. The molecule has 0 aliphatic carbocycles. The topological polar surface area (TPSA) is 50.1 Å². The van der Waals surface area contributed by atoms with Crippen LogP contribution >= 0.6 is 11.6 Å². The Morgan fingerprint density at radius 2 is 2.60 bits per heavy atom. The number of halogens is 1. The minimum Gasteiger partial charge on any atom is -0.316 e. The summed E-state index contributed by atoms with van der Waals surface area (Å²) in [6.07, 6.45) is 1.54. The van der Waals surface area contributed by atoms with Gasteiger partial charge >= 0.3 is 0 Å². The van der Waals surface area contributed by atoms with E-state index in [2.05, 4.69) is 5.10 Å². The minimum atomic E-state index is 0.315. The van der Waals surface area contributed by atoms with Crippen molar-refractivity contribution in [3.63, 3.8) is 0 Å². The van der Waals surface area contributed by atoms with Crippen LogP contribution in [-0.2, 0) is 13.6 Å². The lowest BCUT2D eigenvalue weighted by Gasteiger charge is -1.98. The van der Waals surface area contributed by atoms with Gasteiger partial charge in [-0.15, -0.1) is 0 Å². The largest absolute Gasteiger partial charge is 0.316 e. The van der Waals surface area contributed by atoms with Crippen LogP contribution in [0.4, 0.5) is 0 Å². The van der Waals surface area contributed by atoms with Crippen LogP contribution in [0.3, 0.4) is 0 Å². The summed E-state index contributed by atoms with van der Waals surface area (Å²) in [5.41, 5.74) is 2.77. The van der Waals surface area contributed by atoms with E-state index in [0.717, 1.165) is 5.69 Å². The highest BCUT2D eigenvalue weighted by molar-refractivity contribution is 6.31. The Kier molecular flexibility index (Phi) is 2.26. The van der Waals surface area contributed by atoms with Crippen LogP contribution < -0.4 is 5.48 Å². The fourth-order valence-electron chi connectivity index (χ4n) is 0.710. The van der Waals surface area contributed by atoms with Crippen LogP contribution in [0.25, 0.3) is 0 Å². The maximum Gasteiger partial charge on any atom is 0.0831 e. The van der Waals surface area contributed by atoms with E-state index >= 15 is 0 Å². The van der Waals surface area contributed by atoms with Gasteiger partial charge in [-0.2, -0.15) is 10.6 Å². The number of nitrogens with one attached hydrogen (secondary N) is 1. The van der Waals surface area contributed by atoms with E-state index in [0.29, 0.717) is 11.6 Å². The number of rotatable bonds is 2. The Morgan fingerprint density at radius 1 is 1.90 bits per heavy atom. The molecule has 4 nitrogen and oxygen atoms in total. The summed E-state index contributed by atoms with van der Waals surface area (Å²) in [7, 11) is 1.76. The summed E-state index contributed by atoms with van der Waals surface area (Å²) >= 11 is 5.69. The lowest BCUT2D eigenvalue weighted by atomic mass is 10.4. The van der Waals surface area contributed by atoms with Gasteiger partial charge in [0.15, 0.2) is 0 Å². The molecule has 0 aliphatic heterocycles. The smallest absolute Gasteiger partial charge is 0.0831 e. The molecule has 1 aromatic rings. The van der Waals surface area contributed by atoms with Crippen molar-refractivity contribution in [2.24, 2.45) is 7.05 Å². The summed E-state index contributed by atoms with van der Waals surface area (Å²) in [4.78, 5) is 0. The molecular weight excluding hydrogens is 154 g/mol. The Hall–Kier alpha value is -0.580. The van der Waals surface area contributed by atoms with Crippen molar-refractivity contribution in [1.29, 1.82) is 0 Å². The maximum absolute atomic E-state index is 8.34. The van der Waals surface area contributed by atoms with Gasteiger partial charge in [-0.3, -0.25) is 4.68 Å². The van der Waals surface area contributed by atoms with Crippen LogP contribution in [0, 0.1) is 0 Å². The van der Waals surface area contributed by atoms with E-state index in [-0.39, 0.29) is 0 Å². The van der Waals surface area contributed by atoms with E-state index in [1.165, 1.54) is 6.20 Å². The molecule has 0 aromatic carbocycles. The van der Waals surface area contributed by atoms with Gasteiger partial charge in [-0.25, -0.2) is 0 Å². The molecule has 0 radical (unpaired) electrons. The van der Waals surface area contributed by atoms with Gasteiger partial charge in [0.1, 0.15) is 0 Å². The Bertz CT molecular complexity index is 203. The van der Waals surface area contributed by atoms with E-state index in [1.807, 2.05) is 5.48 Å². The average molecular weight is 162 g/mol. The van der Waals surface area contributed by atoms with Crippen LogP contribution in [0.15, 0.2) is 6.20 Å². The molecule has 0 fully saturated rings. The van der Waals surface area contributed by atoms with Gasteiger partial charge in [-0.05, 0) is 0 Å². The third kappa shape index (κ3) is 1.29. The highest BCUT2D eigenvalue weighted by Gasteiger charge is 2.03. The molecule has 2 N–H and O–H groups in total. The first kappa shape index (κ1) is 7.53. The fourth-order valence-corrected chi connectivity index (χ4v) is 0.943. The third-order valence-electron chi connectivity index (χ3n) is 1.26. The quantitative estimate of drug-likeness (QED) is 0.623. The molecule has 0 unspecified atom stereocenters. The Morgan fingerprint density at radius 3 is 3.00 bits per heavy atom. The lowest BCUT2D eigenvalue weighted by molar-refractivity contribution is 0.158. The highest BCUT2D eigenvalue weighted by Crippen LogP contribution is 2.12. The van der Waals surface area contributed by atoms with Gasteiger partial charge < -0.3 is 5.21 Å². The molecule has 0 saturated heterocycles. The molecule has 0 atom stereocenters. The van der Waals surface area contributed by atoms with E-state index in [4.69, 9.17) is 16.8 Å². The van der Waals surface area contributed by atoms with Crippen LogP contribution in [0.5, 0.6) is 0 Å². The zero-order valence-corrected chi connectivity index (χ0v) is 6.26. The number of hydrogen-bond acceptors (Lipinski definition) is 3. The number of aromatic nitrogens is 2. The number of hydrogen-bond donors (Lipinski definition) is 2. The molecule has 1 heterocycles. The fraction of sp³-hybridized carbons (Fsp3) is 0.400. The standard InChI is InChI=1S/C5H8ClN3O/c1-9-5(3-8-10)4(6)2-7-9/h2,8,10H,3H2,1H3. The Labute approximate surface area is 63.4 Å². The first-order chi connectivity index (χ1) is 4.75. The van der Waals surface area contributed by atoms with Crippen molar-refractivity contribution < 1.29 is 5.21 Å². The van der Waals surface area contributed by atoms with Crippen molar-refractivity contribution >= 4 is 11.6 Å². The molecule has 1 aromatic heterocycles. The van der Waals surface area contributed by atoms with E-state index < -0.39 is 0 Å². The van der Waals surface area contributed by atoms with Crippen molar-refractivity contribution in [3.05, 3.63) is 16.9 Å². The van der Waals surface area contributed by atoms with Crippen LogP contribution in [0.1, 0.15) is 5.69 Å². The molecule has 5 heteroatoms. The first-order valence-electron chi connectivity index (χ1n) is 2.79. The van der Waals surface area contributed by atoms with Crippen molar-refractivity contribution in [2.75, 3.05) is 0 Å². The summed E-state index contributed by atoms with van der Waals surface area (Å²) in [5.74, 6) is 0. The van der Waals surface area contributed by atoms with Crippen molar-refractivity contribution in [1.82, 2.24) is 15.3 Å². The number of hydroxylamine groups is 1. The molecule has 56 valence electrons. The maximum atomic E-state index is 8.34. The van der Waals surface area contributed by atoms with Gasteiger partial charge in [0.05, 0.1) is 23.5 Å². The zero-order chi connectivity index (χ0) is 7.56. The summed E-state index contributed by atoms with van der Waals surface area (Å²) < 4.78 is 1.60. The molecule has 0 saturated carbocycles. The zero-order valence-electron chi connectivity index (χ0n) is 5.50. The van der Waals surface area contributed by atoms with Gasteiger partial charge in [0.2, 0.25) is 0 Å². The van der Waals surface area contributed by atoms with Gasteiger partial charge in [0, 0.05) is 7.05 Å². The predicted molar refractivity (Wildman–Crippen MR) is 36.8 cm³/mol. The predicted octanol–water partition coefficient (Wildman–Crippen LogP) is 0.552. The molecule has 0 bridgehead atoms. The molecular formula is C5H8ClN3O. The third-order valence-corrected chi connectivity index (χ3v) is 1.57. The van der Waals surface area contributed by atoms with Crippen molar-refractivity contribution in [2.45, 2.75) is 6.54 Å². The minimum absolute atomic E-state index is 0.315. The molecule has 10 heavy (non-hydrogen) atoms. The number of aryl methyl sites for hydroxylation is 1. The number of nitrogens with zero attached hydrogens (tertiary/aromatic N) is 2. The summed E-state index contributed by atoms with van der Waals surface area (Å²) in [6.45, 7) is 0.315. The first-order valence-corrected chi connectivity index (χ1v) is 3.17. The monoisotopic (exact) mass is 161 g/mol. The van der Waals surface area contributed by atoms with Crippen LogP contribution in [0.2, 0.25) is 5.02 Å². The Balaban J connectivity index is 2.87.